The van der Waals surface area contributed by atoms with Crippen molar-refractivity contribution in [1.29, 1.82) is 0 Å². The Kier molecular flexibility index (Phi) is 4.83. The molecule has 0 unspecified atom stereocenters. The molecule has 0 aliphatic rings. The van der Waals surface area contributed by atoms with Crippen LogP contribution in [0.1, 0.15) is 39.8 Å². The zero-order valence-corrected chi connectivity index (χ0v) is 14.3. The van der Waals surface area contributed by atoms with E-state index in [4.69, 9.17) is 5.73 Å². The summed E-state index contributed by atoms with van der Waals surface area (Å²) in [4.78, 5) is 31.6. The molecule has 0 radical (unpaired) electrons. The van der Waals surface area contributed by atoms with E-state index in [0.29, 0.717) is 29.6 Å². The van der Waals surface area contributed by atoms with E-state index < -0.39 is 5.97 Å². The summed E-state index contributed by atoms with van der Waals surface area (Å²) < 4.78 is 1.57. The van der Waals surface area contributed by atoms with Crippen LogP contribution in [0.3, 0.4) is 0 Å². The van der Waals surface area contributed by atoms with Crippen LogP contribution in [-0.2, 0) is 6.54 Å². The topological polar surface area (TPSA) is 123 Å². The van der Waals surface area contributed by atoms with E-state index in [1.807, 2.05) is 6.92 Å². The summed E-state index contributed by atoms with van der Waals surface area (Å²) in [6, 6.07) is 7.04. The molecule has 26 heavy (non-hydrogen) atoms. The number of nitrogens with two attached hydrogens (primary N) is 1. The van der Waals surface area contributed by atoms with Crippen molar-refractivity contribution >= 4 is 28.6 Å². The number of carboxylic acid groups (broad SMARTS) is 1. The highest BCUT2D eigenvalue weighted by Crippen LogP contribution is 2.23. The maximum absolute atomic E-state index is 11.9. The molecule has 4 N–H and O–H groups in total. The van der Waals surface area contributed by atoms with Crippen molar-refractivity contribution < 1.29 is 14.7 Å². The van der Waals surface area contributed by atoms with Gasteiger partial charge in [-0.1, -0.05) is 19.1 Å². The smallest absolute Gasteiger partial charge is 0.354 e. The summed E-state index contributed by atoms with van der Waals surface area (Å²) >= 11 is 0. The SMILES string of the molecule is CCCNC(=O)c1ccc(Cn2cc3c(N)ncnc3c2C(=O)O)cc1. The third-order valence-electron chi connectivity index (χ3n) is 4.02. The number of carboxylic acids is 1. The molecule has 0 saturated carbocycles. The molecular formula is C18H19N5O3. The zero-order valence-electron chi connectivity index (χ0n) is 14.3. The fraction of sp³-hybridized carbons (Fsp3) is 0.222. The summed E-state index contributed by atoms with van der Waals surface area (Å²) in [6.07, 6.45) is 3.75. The Morgan fingerprint density at radius 1 is 1.23 bits per heavy atom. The van der Waals surface area contributed by atoms with Gasteiger partial charge in [0, 0.05) is 24.8 Å². The number of hydrogen-bond donors (Lipinski definition) is 3. The molecule has 1 amide bonds. The van der Waals surface area contributed by atoms with Crippen LogP contribution >= 0.6 is 0 Å². The quantitative estimate of drug-likeness (QED) is 0.622. The number of rotatable bonds is 6. The number of nitrogens with one attached hydrogen (secondary N) is 1. The van der Waals surface area contributed by atoms with Crippen LogP contribution in [0.2, 0.25) is 0 Å². The monoisotopic (exact) mass is 353 g/mol. The second kappa shape index (κ2) is 7.22. The van der Waals surface area contributed by atoms with Gasteiger partial charge in [-0.05, 0) is 24.1 Å². The highest BCUT2D eigenvalue weighted by Gasteiger charge is 2.19. The minimum Gasteiger partial charge on any atom is -0.477 e. The molecule has 3 aromatic rings. The molecule has 3 rings (SSSR count). The molecule has 8 nitrogen and oxygen atoms in total. The van der Waals surface area contributed by atoms with E-state index in [-0.39, 0.29) is 17.4 Å². The summed E-state index contributed by atoms with van der Waals surface area (Å²) in [5.74, 6) is -0.979. The summed E-state index contributed by atoms with van der Waals surface area (Å²) in [5.41, 5.74) is 7.60. The normalized spacial score (nSPS) is 10.8. The fourth-order valence-electron chi connectivity index (χ4n) is 2.73. The van der Waals surface area contributed by atoms with Crippen molar-refractivity contribution in [1.82, 2.24) is 19.9 Å². The van der Waals surface area contributed by atoms with Gasteiger partial charge in [0.05, 0.1) is 5.39 Å². The van der Waals surface area contributed by atoms with Crippen LogP contribution in [0.4, 0.5) is 5.82 Å². The number of fused-ring (bicyclic) bond motifs is 1. The van der Waals surface area contributed by atoms with Crippen LogP contribution in [0.5, 0.6) is 0 Å². The number of nitrogens with zero attached hydrogens (tertiary/aromatic N) is 3. The van der Waals surface area contributed by atoms with Crippen LogP contribution < -0.4 is 11.1 Å². The fourth-order valence-corrected chi connectivity index (χ4v) is 2.73. The van der Waals surface area contributed by atoms with Crippen LogP contribution in [0, 0.1) is 0 Å². The number of nitrogen functional groups attached to an aromatic ring is 1. The lowest BCUT2D eigenvalue weighted by atomic mass is 10.1. The molecule has 0 bridgehead atoms. The van der Waals surface area contributed by atoms with Gasteiger partial charge in [-0.2, -0.15) is 0 Å². The van der Waals surface area contributed by atoms with Crippen LogP contribution in [-0.4, -0.2) is 38.1 Å². The predicted molar refractivity (Wildman–Crippen MR) is 97.1 cm³/mol. The minimum absolute atomic E-state index is 0.0545. The molecule has 2 aromatic heterocycles. The van der Waals surface area contributed by atoms with E-state index in [1.165, 1.54) is 6.33 Å². The third-order valence-corrected chi connectivity index (χ3v) is 4.02. The van der Waals surface area contributed by atoms with Crippen LogP contribution in [0.25, 0.3) is 10.9 Å². The Bertz CT molecular complexity index is 963. The first-order chi connectivity index (χ1) is 12.5. The third kappa shape index (κ3) is 3.34. The van der Waals surface area contributed by atoms with Crippen molar-refractivity contribution in [3.63, 3.8) is 0 Å². The van der Waals surface area contributed by atoms with Gasteiger partial charge in [-0.3, -0.25) is 4.79 Å². The van der Waals surface area contributed by atoms with Gasteiger partial charge < -0.3 is 20.7 Å². The molecule has 0 spiro atoms. The number of carbonyl (C=O) groups excluding carboxylic acids is 1. The number of benzene rings is 1. The minimum atomic E-state index is -1.09. The Labute approximate surface area is 149 Å². The second-order valence-corrected chi connectivity index (χ2v) is 5.88. The van der Waals surface area contributed by atoms with Gasteiger partial charge in [0.15, 0.2) is 5.69 Å². The average Bonchev–Trinajstić information content (AvgIpc) is 3.00. The highest BCUT2D eigenvalue weighted by molar-refractivity contribution is 6.03. The average molecular weight is 353 g/mol. The van der Waals surface area contributed by atoms with E-state index in [0.717, 1.165) is 12.0 Å². The number of aromatic carboxylic acids is 1. The summed E-state index contributed by atoms with van der Waals surface area (Å²) in [7, 11) is 0. The molecule has 134 valence electrons. The number of carbonyl (C=O) groups is 2. The lowest BCUT2D eigenvalue weighted by Gasteiger charge is -2.08. The molecule has 0 aliphatic carbocycles. The number of hydrogen-bond acceptors (Lipinski definition) is 5. The molecule has 0 atom stereocenters. The number of amides is 1. The molecular weight excluding hydrogens is 334 g/mol. The van der Waals surface area contributed by atoms with Gasteiger partial charge in [0.25, 0.3) is 5.91 Å². The zero-order chi connectivity index (χ0) is 18.7. The van der Waals surface area contributed by atoms with Crippen molar-refractivity contribution in [2.75, 3.05) is 12.3 Å². The Balaban J connectivity index is 1.89. The van der Waals surface area contributed by atoms with Crippen molar-refractivity contribution in [3.05, 3.63) is 53.6 Å². The summed E-state index contributed by atoms with van der Waals surface area (Å²) in [6.45, 7) is 2.93. The standard InChI is InChI=1S/C18H19N5O3/c1-2-7-20-17(24)12-5-3-11(4-6-12)8-23-9-13-14(15(23)18(25)26)21-10-22-16(13)19/h3-6,9-10H,2,7-8H2,1H3,(H,20,24)(H,25,26)(H2,19,21,22). The van der Waals surface area contributed by atoms with Gasteiger partial charge in [-0.25, -0.2) is 14.8 Å². The Hall–Kier alpha value is -3.42. The molecule has 1 aromatic carbocycles. The van der Waals surface area contributed by atoms with Crippen molar-refractivity contribution in [2.45, 2.75) is 19.9 Å². The van der Waals surface area contributed by atoms with Gasteiger partial charge in [0.2, 0.25) is 0 Å². The van der Waals surface area contributed by atoms with E-state index in [1.54, 1.807) is 35.0 Å². The molecule has 0 aliphatic heterocycles. The Morgan fingerprint density at radius 3 is 2.62 bits per heavy atom. The van der Waals surface area contributed by atoms with Crippen LogP contribution in [0.15, 0.2) is 36.8 Å². The lowest BCUT2D eigenvalue weighted by Crippen LogP contribution is -2.23. The van der Waals surface area contributed by atoms with Gasteiger partial charge in [-0.15, -0.1) is 0 Å². The maximum Gasteiger partial charge on any atom is 0.354 e. The molecule has 0 fully saturated rings. The second-order valence-electron chi connectivity index (χ2n) is 5.88. The molecule has 8 heteroatoms. The molecule has 0 saturated heterocycles. The molecule has 2 heterocycles. The van der Waals surface area contributed by atoms with Gasteiger partial charge in [0.1, 0.15) is 17.7 Å². The Morgan fingerprint density at radius 2 is 1.96 bits per heavy atom. The van der Waals surface area contributed by atoms with Gasteiger partial charge >= 0.3 is 5.97 Å². The first-order valence-electron chi connectivity index (χ1n) is 8.21. The van der Waals surface area contributed by atoms with E-state index in [9.17, 15) is 14.7 Å². The first-order valence-corrected chi connectivity index (χ1v) is 8.21. The number of aromatic nitrogens is 3. The highest BCUT2D eigenvalue weighted by atomic mass is 16.4. The van der Waals surface area contributed by atoms with E-state index >= 15 is 0 Å². The van der Waals surface area contributed by atoms with Crippen molar-refractivity contribution in [2.24, 2.45) is 0 Å². The largest absolute Gasteiger partial charge is 0.477 e. The number of anilines is 1. The van der Waals surface area contributed by atoms with E-state index in [2.05, 4.69) is 15.3 Å². The lowest BCUT2D eigenvalue weighted by molar-refractivity contribution is 0.0687. The van der Waals surface area contributed by atoms with Crippen molar-refractivity contribution in [3.8, 4) is 0 Å². The predicted octanol–water partition coefficient (Wildman–Crippen LogP) is 1.90. The summed E-state index contributed by atoms with van der Waals surface area (Å²) in [5, 5.41) is 12.9. The maximum atomic E-state index is 11.9. The first kappa shape index (κ1) is 17.4.